The first kappa shape index (κ1) is 14.6. The molecule has 0 aromatic carbocycles. The molecule has 0 aromatic rings. The number of hydrogen-bond acceptors (Lipinski definition) is 5. The molecule has 6 heteroatoms. The Bertz CT molecular complexity index is 220. The number of aliphatic carboxylic acids is 1. The number of rotatable bonds is 7. The van der Waals surface area contributed by atoms with Crippen LogP contribution in [0.2, 0.25) is 0 Å². The fraction of sp³-hybridized carbons (Fsp3) is 0.778. The second-order valence-corrected chi connectivity index (χ2v) is 4.37. The molecular formula is C9H16O4S2. The van der Waals surface area contributed by atoms with E-state index in [9.17, 15) is 9.59 Å². The van der Waals surface area contributed by atoms with Gasteiger partial charge >= 0.3 is 11.9 Å². The van der Waals surface area contributed by atoms with E-state index in [4.69, 9.17) is 9.84 Å². The molecule has 1 N–H and O–H groups in total. The molecule has 0 spiro atoms. The monoisotopic (exact) mass is 252 g/mol. The first-order valence-corrected chi connectivity index (χ1v) is 5.77. The Balaban J connectivity index is 3.83. The van der Waals surface area contributed by atoms with Gasteiger partial charge in [-0.25, -0.2) is 0 Å². The zero-order chi connectivity index (χ0) is 11.8. The van der Waals surface area contributed by atoms with Crippen LogP contribution in [-0.4, -0.2) is 34.2 Å². The van der Waals surface area contributed by atoms with Crippen LogP contribution >= 0.6 is 25.3 Å². The zero-order valence-electron chi connectivity index (χ0n) is 8.55. The van der Waals surface area contributed by atoms with Gasteiger partial charge in [-0.1, -0.05) is 13.3 Å². The fourth-order valence-corrected chi connectivity index (χ4v) is 1.48. The summed E-state index contributed by atoms with van der Waals surface area (Å²) in [6.45, 7) is 2.34. The summed E-state index contributed by atoms with van der Waals surface area (Å²) >= 11 is 7.79. The lowest BCUT2D eigenvalue weighted by atomic mass is 10.2. The van der Waals surface area contributed by atoms with Crippen LogP contribution in [0, 0.1) is 0 Å². The predicted molar refractivity (Wildman–Crippen MR) is 63.7 cm³/mol. The van der Waals surface area contributed by atoms with E-state index in [1.807, 2.05) is 6.92 Å². The largest absolute Gasteiger partial charge is 0.480 e. The minimum atomic E-state index is -1.06. The van der Waals surface area contributed by atoms with Crippen molar-refractivity contribution in [1.82, 2.24) is 0 Å². The first-order valence-electron chi connectivity index (χ1n) is 4.74. The number of carboxylic acid groups (broad SMARTS) is 1. The summed E-state index contributed by atoms with van der Waals surface area (Å²) < 4.78 is 4.88. The molecule has 0 aromatic heterocycles. The number of unbranched alkanes of at least 4 members (excludes halogenated alkanes) is 1. The normalized spacial score (nSPS) is 14.3. The first-order chi connectivity index (χ1) is 6.99. The van der Waals surface area contributed by atoms with Gasteiger partial charge in [0.2, 0.25) is 0 Å². The van der Waals surface area contributed by atoms with Crippen LogP contribution in [0.1, 0.15) is 26.2 Å². The number of carbonyl (C=O) groups excluding carboxylic acids is 1. The lowest BCUT2D eigenvalue weighted by molar-refractivity contribution is -0.143. The highest BCUT2D eigenvalue weighted by molar-refractivity contribution is 7.82. The number of thiol groups is 2. The summed E-state index contributed by atoms with van der Waals surface area (Å²) in [7, 11) is 0. The van der Waals surface area contributed by atoms with Gasteiger partial charge in [0.05, 0.1) is 6.61 Å². The smallest absolute Gasteiger partial charge is 0.318 e. The number of esters is 1. The summed E-state index contributed by atoms with van der Waals surface area (Å²) in [4.78, 5) is 21.7. The quantitative estimate of drug-likeness (QED) is 0.364. The molecule has 0 radical (unpaired) electrons. The average Bonchev–Trinajstić information content (AvgIpc) is 2.17. The Morgan fingerprint density at radius 3 is 2.40 bits per heavy atom. The molecule has 0 saturated carbocycles. The van der Waals surface area contributed by atoms with Crippen molar-refractivity contribution in [2.45, 2.75) is 36.7 Å². The number of carboxylic acids is 1. The second kappa shape index (κ2) is 7.87. The maximum Gasteiger partial charge on any atom is 0.318 e. The molecular weight excluding hydrogens is 236 g/mol. The van der Waals surface area contributed by atoms with Gasteiger partial charge in [-0.3, -0.25) is 9.59 Å². The van der Waals surface area contributed by atoms with Crippen LogP contribution in [0.25, 0.3) is 0 Å². The van der Waals surface area contributed by atoms with Crippen molar-refractivity contribution in [2.24, 2.45) is 0 Å². The Morgan fingerprint density at radius 1 is 1.33 bits per heavy atom. The number of ether oxygens (including phenoxy) is 1. The summed E-state index contributed by atoms with van der Waals surface area (Å²) in [5.41, 5.74) is 0. The van der Waals surface area contributed by atoms with Crippen molar-refractivity contribution in [3.05, 3.63) is 0 Å². The highest BCUT2D eigenvalue weighted by atomic mass is 32.1. The lowest BCUT2D eigenvalue weighted by Crippen LogP contribution is -2.25. The van der Waals surface area contributed by atoms with Crippen LogP contribution in [-0.2, 0) is 14.3 Å². The number of hydrogen-bond donors (Lipinski definition) is 3. The fourth-order valence-electron chi connectivity index (χ4n) is 0.822. The van der Waals surface area contributed by atoms with Gasteiger partial charge in [-0.15, -0.1) is 0 Å². The summed E-state index contributed by atoms with van der Waals surface area (Å²) in [5, 5.41) is 6.96. The standard InChI is InChI=1S/C9H16O4S2/c1-2-3-4-13-9(12)7(15)5-6(14)8(10)11/h6-7,14-15H,2-5H2,1H3,(H,10,11). The predicted octanol–water partition coefficient (Wildman–Crippen LogP) is 1.40. The topological polar surface area (TPSA) is 63.6 Å². The van der Waals surface area contributed by atoms with E-state index in [1.54, 1.807) is 0 Å². The minimum Gasteiger partial charge on any atom is -0.480 e. The van der Waals surface area contributed by atoms with Crippen molar-refractivity contribution in [3.8, 4) is 0 Å². The van der Waals surface area contributed by atoms with Gasteiger partial charge in [0.15, 0.2) is 0 Å². The molecule has 2 unspecified atom stereocenters. The maximum atomic E-state index is 11.3. The van der Waals surface area contributed by atoms with Crippen LogP contribution < -0.4 is 0 Å². The lowest BCUT2D eigenvalue weighted by Gasteiger charge is -2.12. The molecule has 0 aliphatic rings. The van der Waals surface area contributed by atoms with Crippen molar-refractivity contribution in [1.29, 1.82) is 0 Å². The van der Waals surface area contributed by atoms with E-state index in [1.165, 1.54) is 0 Å². The van der Waals surface area contributed by atoms with Crippen LogP contribution in [0.5, 0.6) is 0 Å². The van der Waals surface area contributed by atoms with Crippen LogP contribution in [0.3, 0.4) is 0 Å². The van der Waals surface area contributed by atoms with Gasteiger partial charge in [0, 0.05) is 0 Å². The second-order valence-electron chi connectivity index (χ2n) is 3.13. The molecule has 15 heavy (non-hydrogen) atoms. The van der Waals surface area contributed by atoms with E-state index in [2.05, 4.69) is 25.3 Å². The van der Waals surface area contributed by atoms with Gasteiger partial charge in [-0.2, -0.15) is 25.3 Å². The van der Waals surface area contributed by atoms with Gasteiger partial charge in [0.25, 0.3) is 0 Å². The minimum absolute atomic E-state index is 0.0620. The summed E-state index contributed by atoms with van der Waals surface area (Å²) in [6.07, 6.45) is 1.80. The molecule has 88 valence electrons. The van der Waals surface area contributed by atoms with Crippen molar-refractivity contribution in [2.75, 3.05) is 6.61 Å². The SMILES string of the molecule is CCCCOC(=O)C(S)CC(S)C(=O)O. The van der Waals surface area contributed by atoms with E-state index >= 15 is 0 Å². The summed E-state index contributed by atoms with van der Waals surface area (Å²) in [5.74, 6) is -1.54. The Labute approximate surface area is 100 Å². The van der Waals surface area contributed by atoms with E-state index < -0.39 is 22.4 Å². The van der Waals surface area contributed by atoms with Crippen LogP contribution in [0.4, 0.5) is 0 Å². The van der Waals surface area contributed by atoms with E-state index in [0.717, 1.165) is 12.8 Å². The van der Waals surface area contributed by atoms with Gasteiger partial charge < -0.3 is 9.84 Å². The highest BCUT2D eigenvalue weighted by Crippen LogP contribution is 2.12. The molecule has 0 aliphatic carbocycles. The van der Waals surface area contributed by atoms with E-state index in [0.29, 0.717) is 6.61 Å². The molecule has 0 aliphatic heterocycles. The van der Waals surface area contributed by atoms with Crippen molar-refractivity contribution < 1.29 is 19.4 Å². The Hall–Kier alpha value is -0.360. The molecule has 0 amide bonds. The van der Waals surface area contributed by atoms with Crippen LogP contribution in [0.15, 0.2) is 0 Å². The van der Waals surface area contributed by atoms with Gasteiger partial charge in [0.1, 0.15) is 10.5 Å². The maximum absolute atomic E-state index is 11.3. The third kappa shape index (κ3) is 6.67. The molecule has 0 bridgehead atoms. The van der Waals surface area contributed by atoms with Crippen molar-refractivity contribution in [3.63, 3.8) is 0 Å². The zero-order valence-corrected chi connectivity index (χ0v) is 10.3. The Morgan fingerprint density at radius 2 is 1.93 bits per heavy atom. The molecule has 0 saturated heterocycles. The molecule has 0 fully saturated rings. The molecule has 2 atom stereocenters. The molecule has 4 nitrogen and oxygen atoms in total. The summed E-state index contributed by atoms with van der Waals surface area (Å²) in [6, 6.07) is 0. The van der Waals surface area contributed by atoms with E-state index in [-0.39, 0.29) is 6.42 Å². The third-order valence-electron chi connectivity index (χ3n) is 1.75. The molecule has 0 heterocycles. The number of carbonyl (C=O) groups is 2. The average molecular weight is 252 g/mol. The van der Waals surface area contributed by atoms with Gasteiger partial charge in [-0.05, 0) is 12.8 Å². The highest BCUT2D eigenvalue weighted by Gasteiger charge is 2.22. The van der Waals surface area contributed by atoms with Crippen molar-refractivity contribution >= 4 is 37.2 Å². The Kier molecular flexibility index (Phi) is 7.68. The molecule has 0 rings (SSSR count). The third-order valence-corrected chi connectivity index (χ3v) is 2.60.